The van der Waals surface area contributed by atoms with E-state index in [2.05, 4.69) is 46.3 Å². The zero-order valence-electron chi connectivity index (χ0n) is 10.4. The molecule has 2 aromatic rings. The maximum absolute atomic E-state index is 4.50. The number of rotatable bonds is 3. The summed E-state index contributed by atoms with van der Waals surface area (Å²) in [6.45, 7) is 0.934. The van der Waals surface area contributed by atoms with E-state index in [1.54, 1.807) is 0 Å². The number of hydrogen-bond acceptors (Lipinski definition) is 3. The second kappa shape index (κ2) is 5.72. The lowest BCUT2D eigenvalue weighted by Crippen LogP contribution is -2.32. The van der Waals surface area contributed by atoms with Crippen molar-refractivity contribution >= 4 is 22.7 Å². The molecule has 94 valence electrons. The van der Waals surface area contributed by atoms with Crippen LogP contribution in [-0.4, -0.2) is 22.5 Å². The summed E-state index contributed by atoms with van der Waals surface area (Å²) in [6.07, 6.45) is 4.47. The molecular weight excluding hydrogens is 240 g/mol. The Bertz CT molecular complexity index is 515. The van der Waals surface area contributed by atoms with E-state index in [0.29, 0.717) is 6.04 Å². The monoisotopic (exact) mass is 258 g/mol. The molecule has 18 heavy (non-hydrogen) atoms. The predicted molar refractivity (Wildman–Crippen MR) is 78.9 cm³/mol. The number of fused-ring (bicyclic) bond motifs is 1. The highest BCUT2D eigenvalue weighted by Gasteiger charge is 2.13. The van der Waals surface area contributed by atoms with Gasteiger partial charge in [0.05, 0.1) is 5.52 Å². The van der Waals surface area contributed by atoms with E-state index in [1.807, 2.05) is 12.3 Å². The average Bonchev–Trinajstić information content (AvgIpc) is 2.46. The number of nitrogens with zero attached hydrogens (tertiary/aromatic N) is 1. The minimum atomic E-state index is 0.685. The van der Waals surface area contributed by atoms with Crippen LogP contribution in [0, 0.1) is 0 Å². The van der Waals surface area contributed by atoms with E-state index >= 15 is 0 Å². The van der Waals surface area contributed by atoms with Crippen molar-refractivity contribution in [2.24, 2.45) is 0 Å². The molecule has 1 aromatic heterocycles. The molecule has 0 saturated carbocycles. The van der Waals surface area contributed by atoms with Crippen molar-refractivity contribution in [2.45, 2.75) is 25.4 Å². The van der Waals surface area contributed by atoms with Gasteiger partial charge in [0, 0.05) is 24.2 Å². The first-order chi connectivity index (χ1) is 8.93. The summed E-state index contributed by atoms with van der Waals surface area (Å²) in [5, 5.41) is 4.91. The Hall–Kier alpha value is -1.06. The topological polar surface area (TPSA) is 24.9 Å². The van der Waals surface area contributed by atoms with Crippen molar-refractivity contribution < 1.29 is 0 Å². The van der Waals surface area contributed by atoms with Crippen LogP contribution in [0.5, 0.6) is 0 Å². The molecule has 2 heterocycles. The number of nitrogens with one attached hydrogen (secondary N) is 1. The first-order valence-electron chi connectivity index (χ1n) is 6.57. The molecule has 0 spiro atoms. The number of benzene rings is 1. The predicted octanol–water partition coefficient (Wildman–Crippen LogP) is 3.22. The van der Waals surface area contributed by atoms with Gasteiger partial charge in [-0.1, -0.05) is 24.3 Å². The van der Waals surface area contributed by atoms with Gasteiger partial charge in [-0.2, -0.15) is 11.8 Å². The van der Waals surface area contributed by atoms with Crippen LogP contribution in [0.3, 0.4) is 0 Å². The van der Waals surface area contributed by atoms with Crippen molar-refractivity contribution in [3.63, 3.8) is 0 Å². The summed E-state index contributed by atoms with van der Waals surface area (Å²) in [6, 6.07) is 11.2. The molecule has 3 rings (SSSR count). The van der Waals surface area contributed by atoms with E-state index < -0.39 is 0 Å². The molecule has 2 nitrogen and oxygen atoms in total. The van der Waals surface area contributed by atoms with Gasteiger partial charge in [0.15, 0.2) is 0 Å². The first kappa shape index (κ1) is 12.0. The molecule has 3 heteroatoms. The number of hydrogen-bond donors (Lipinski definition) is 1. The number of para-hydroxylation sites is 1. The zero-order valence-corrected chi connectivity index (χ0v) is 11.2. The Morgan fingerprint density at radius 1 is 1.17 bits per heavy atom. The fourth-order valence-electron chi connectivity index (χ4n) is 2.47. The van der Waals surface area contributed by atoms with Crippen LogP contribution in [0.25, 0.3) is 10.9 Å². The number of aromatic nitrogens is 1. The summed E-state index contributed by atoms with van der Waals surface area (Å²) >= 11 is 2.07. The third-order valence-corrected chi connectivity index (χ3v) is 4.57. The molecule has 1 aliphatic rings. The van der Waals surface area contributed by atoms with Crippen molar-refractivity contribution in [3.05, 3.63) is 42.1 Å². The molecule has 0 atom stereocenters. The standard InChI is InChI=1S/C15H18N2S/c1-3-12-5-2-8-16-15(12)13(4-1)11-17-14-6-9-18-10-7-14/h1-5,8,14,17H,6-7,9-11H2. The molecule has 1 saturated heterocycles. The Kier molecular flexibility index (Phi) is 3.81. The van der Waals surface area contributed by atoms with Gasteiger partial charge in [0.25, 0.3) is 0 Å². The highest BCUT2D eigenvalue weighted by molar-refractivity contribution is 7.99. The van der Waals surface area contributed by atoms with Gasteiger partial charge in [-0.15, -0.1) is 0 Å². The Morgan fingerprint density at radius 3 is 2.89 bits per heavy atom. The maximum Gasteiger partial charge on any atom is 0.0746 e. The maximum atomic E-state index is 4.50. The van der Waals surface area contributed by atoms with E-state index in [4.69, 9.17) is 0 Å². The van der Waals surface area contributed by atoms with Gasteiger partial charge in [-0.05, 0) is 36.0 Å². The number of pyridine rings is 1. The summed E-state index contributed by atoms with van der Waals surface area (Å²) in [7, 11) is 0. The Balaban J connectivity index is 1.74. The molecule has 1 aromatic carbocycles. The summed E-state index contributed by atoms with van der Waals surface area (Å²) in [4.78, 5) is 4.50. The quantitative estimate of drug-likeness (QED) is 0.915. The minimum Gasteiger partial charge on any atom is -0.310 e. The molecule has 0 unspecified atom stereocenters. The molecule has 0 aliphatic carbocycles. The van der Waals surface area contributed by atoms with Crippen LogP contribution < -0.4 is 5.32 Å². The van der Waals surface area contributed by atoms with Crippen LogP contribution in [0.4, 0.5) is 0 Å². The fourth-order valence-corrected chi connectivity index (χ4v) is 3.57. The van der Waals surface area contributed by atoms with Crippen LogP contribution in [0.1, 0.15) is 18.4 Å². The summed E-state index contributed by atoms with van der Waals surface area (Å²) < 4.78 is 0. The third-order valence-electron chi connectivity index (χ3n) is 3.52. The largest absolute Gasteiger partial charge is 0.310 e. The van der Waals surface area contributed by atoms with Gasteiger partial charge in [-0.3, -0.25) is 4.98 Å². The first-order valence-corrected chi connectivity index (χ1v) is 7.73. The Labute approximate surface area is 112 Å². The molecule has 1 fully saturated rings. The molecule has 0 amide bonds. The summed E-state index contributed by atoms with van der Waals surface area (Å²) in [5.41, 5.74) is 2.45. The van der Waals surface area contributed by atoms with Crippen molar-refractivity contribution in [2.75, 3.05) is 11.5 Å². The van der Waals surface area contributed by atoms with E-state index in [9.17, 15) is 0 Å². The highest BCUT2D eigenvalue weighted by atomic mass is 32.2. The van der Waals surface area contributed by atoms with Gasteiger partial charge in [0.2, 0.25) is 0 Å². The van der Waals surface area contributed by atoms with E-state index in [-0.39, 0.29) is 0 Å². The zero-order chi connectivity index (χ0) is 12.2. The fraction of sp³-hybridized carbons (Fsp3) is 0.400. The molecule has 1 aliphatic heterocycles. The van der Waals surface area contributed by atoms with Crippen molar-refractivity contribution in [1.82, 2.24) is 10.3 Å². The second-order valence-electron chi connectivity index (χ2n) is 4.76. The van der Waals surface area contributed by atoms with Crippen LogP contribution >= 0.6 is 11.8 Å². The molecular formula is C15H18N2S. The Morgan fingerprint density at radius 2 is 2.00 bits per heavy atom. The lowest BCUT2D eigenvalue weighted by atomic mass is 10.1. The van der Waals surface area contributed by atoms with Crippen molar-refractivity contribution in [1.29, 1.82) is 0 Å². The molecule has 1 N–H and O–H groups in total. The second-order valence-corrected chi connectivity index (χ2v) is 5.98. The van der Waals surface area contributed by atoms with Gasteiger partial charge in [-0.25, -0.2) is 0 Å². The summed E-state index contributed by atoms with van der Waals surface area (Å²) in [5.74, 6) is 2.59. The van der Waals surface area contributed by atoms with Crippen molar-refractivity contribution in [3.8, 4) is 0 Å². The lowest BCUT2D eigenvalue weighted by Gasteiger charge is -2.22. The number of thioether (sulfide) groups is 1. The lowest BCUT2D eigenvalue weighted by molar-refractivity contribution is 0.483. The third kappa shape index (κ3) is 2.68. The van der Waals surface area contributed by atoms with Crippen LogP contribution in [-0.2, 0) is 6.54 Å². The highest BCUT2D eigenvalue weighted by Crippen LogP contribution is 2.19. The SMILES string of the molecule is c1cnc2c(CNC3CCSCC3)cccc2c1. The smallest absolute Gasteiger partial charge is 0.0746 e. The average molecular weight is 258 g/mol. The van der Waals surface area contributed by atoms with Crippen LogP contribution in [0.15, 0.2) is 36.5 Å². The van der Waals surface area contributed by atoms with Crippen LogP contribution in [0.2, 0.25) is 0 Å². The van der Waals surface area contributed by atoms with Gasteiger partial charge >= 0.3 is 0 Å². The van der Waals surface area contributed by atoms with Gasteiger partial charge in [0.1, 0.15) is 0 Å². The van der Waals surface area contributed by atoms with E-state index in [0.717, 1.165) is 12.1 Å². The normalized spacial score (nSPS) is 17.1. The van der Waals surface area contributed by atoms with E-state index in [1.165, 1.54) is 35.3 Å². The minimum absolute atomic E-state index is 0.685. The molecule has 0 bridgehead atoms. The molecule has 0 radical (unpaired) electrons. The van der Waals surface area contributed by atoms with Gasteiger partial charge < -0.3 is 5.32 Å².